The summed E-state index contributed by atoms with van der Waals surface area (Å²) in [5.41, 5.74) is 1.41. The first-order valence-electron chi connectivity index (χ1n) is 7.79. The average molecular weight is 364 g/mol. The van der Waals surface area contributed by atoms with Gasteiger partial charge in [-0.15, -0.1) is 0 Å². The summed E-state index contributed by atoms with van der Waals surface area (Å²) in [7, 11) is 0. The number of nitrogens with one attached hydrogen (secondary N) is 2. The molecule has 0 aliphatic carbocycles. The van der Waals surface area contributed by atoms with E-state index in [-0.39, 0.29) is 18.5 Å². The molecule has 0 saturated carbocycles. The van der Waals surface area contributed by atoms with Crippen LogP contribution in [0, 0.1) is 5.82 Å². The maximum Gasteiger partial charge on any atom is 0.413 e. The fourth-order valence-corrected chi connectivity index (χ4v) is 3.42. The predicted molar refractivity (Wildman–Crippen MR) is 92.3 cm³/mol. The normalized spacial score (nSPS) is 13.1. The summed E-state index contributed by atoms with van der Waals surface area (Å²) in [5, 5.41) is 5.78. The number of rotatable bonds is 3. The lowest BCUT2D eigenvalue weighted by Gasteiger charge is -2.26. The van der Waals surface area contributed by atoms with Gasteiger partial charge in [0.15, 0.2) is 5.13 Å². The molecule has 0 atom stereocenters. The van der Waals surface area contributed by atoms with Gasteiger partial charge >= 0.3 is 12.1 Å². The SMILES string of the molecule is CCOC(=O)Nc1nc2c(s1)CN(C(=O)Nc1ccc(F)cc1)CC2. The van der Waals surface area contributed by atoms with Crippen LogP contribution in [0.4, 0.5) is 24.8 Å². The number of nitrogens with zero attached hydrogens (tertiary/aromatic N) is 2. The molecule has 2 heterocycles. The number of hydrogen-bond donors (Lipinski definition) is 2. The summed E-state index contributed by atoms with van der Waals surface area (Å²) >= 11 is 1.32. The zero-order chi connectivity index (χ0) is 17.8. The number of carbonyl (C=O) groups excluding carboxylic acids is 2. The molecule has 2 N–H and O–H groups in total. The van der Waals surface area contributed by atoms with E-state index in [4.69, 9.17) is 4.74 Å². The lowest BCUT2D eigenvalue weighted by Crippen LogP contribution is -2.38. The summed E-state index contributed by atoms with van der Waals surface area (Å²) in [6.45, 7) is 2.94. The molecule has 0 radical (unpaired) electrons. The number of aromatic nitrogens is 1. The molecule has 0 saturated heterocycles. The van der Waals surface area contributed by atoms with Crippen LogP contribution in [0.1, 0.15) is 17.5 Å². The highest BCUT2D eigenvalue weighted by molar-refractivity contribution is 7.15. The first-order chi connectivity index (χ1) is 12.0. The Morgan fingerprint density at radius 3 is 2.80 bits per heavy atom. The first kappa shape index (κ1) is 17.2. The van der Waals surface area contributed by atoms with Crippen molar-refractivity contribution in [2.75, 3.05) is 23.8 Å². The molecule has 1 aromatic carbocycles. The molecular formula is C16H17FN4O3S. The first-order valence-corrected chi connectivity index (χ1v) is 8.60. The number of carbonyl (C=O) groups is 2. The number of benzene rings is 1. The molecule has 1 aliphatic heterocycles. The molecule has 3 rings (SSSR count). The van der Waals surface area contributed by atoms with Crippen LogP contribution in [-0.4, -0.2) is 35.2 Å². The second-order valence-electron chi connectivity index (χ2n) is 5.34. The van der Waals surface area contributed by atoms with Crippen LogP contribution in [0.3, 0.4) is 0 Å². The predicted octanol–water partition coefficient (Wildman–Crippen LogP) is 3.44. The molecule has 25 heavy (non-hydrogen) atoms. The van der Waals surface area contributed by atoms with Crippen LogP contribution in [0.5, 0.6) is 0 Å². The molecule has 0 fully saturated rings. The van der Waals surface area contributed by atoms with E-state index in [1.165, 1.54) is 35.6 Å². The van der Waals surface area contributed by atoms with Crippen molar-refractivity contribution in [3.8, 4) is 0 Å². The molecule has 2 aromatic rings. The number of hydrogen-bond acceptors (Lipinski definition) is 5. The second kappa shape index (κ2) is 7.47. The van der Waals surface area contributed by atoms with Crippen LogP contribution in [-0.2, 0) is 17.7 Å². The quantitative estimate of drug-likeness (QED) is 0.874. The summed E-state index contributed by atoms with van der Waals surface area (Å²) < 4.78 is 17.7. The standard InChI is InChI=1S/C16H17FN4O3S/c1-2-24-16(23)20-14-19-12-7-8-21(9-13(12)25-14)15(22)18-11-5-3-10(17)4-6-11/h3-6H,2,7-9H2,1H3,(H,18,22)(H,19,20,23). The minimum atomic E-state index is -0.542. The maximum absolute atomic E-state index is 12.9. The largest absolute Gasteiger partial charge is 0.450 e. The van der Waals surface area contributed by atoms with Crippen molar-refractivity contribution in [1.82, 2.24) is 9.88 Å². The Labute approximate surface area is 147 Å². The van der Waals surface area contributed by atoms with Crippen LogP contribution in [0.25, 0.3) is 0 Å². The van der Waals surface area contributed by atoms with Gasteiger partial charge in [0.05, 0.1) is 18.8 Å². The van der Waals surface area contributed by atoms with Crippen molar-refractivity contribution < 1.29 is 18.7 Å². The van der Waals surface area contributed by atoms with Gasteiger partial charge in [-0.2, -0.15) is 0 Å². The third kappa shape index (κ3) is 4.24. The van der Waals surface area contributed by atoms with E-state index < -0.39 is 6.09 Å². The average Bonchev–Trinajstić information content (AvgIpc) is 2.98. The van der Waals surface area contributed by atoms with Gasteiger partial charge < -0.3 is 15.0 Å². The van der Waals surface area contributed by atoms with Crippen molar-refractivity contribution in [1.29, 1.82) is 0 Å². The Kier molecular flexibility index (Phi) is 5.13. The van der Waals surface area contributed by atoms with Crippen molar-refractivity contribution in [2.24, 2.45) is 0 Å². The monoisotopic (exact) mass is 364 g/mol. The lowest BCUT2D eigenvalue weighted by molar-refractivity contribution is 0.168. The van der Waals surface area contributed by atoms with Crippen LogP contribution in [0.15, 0.2) is 24.3 Å². The third-order valence-corrected chi connectivity index (χ3v) is 4.60. The molecule has 0 spiro atoms. The van der Waals surface area contributed by atoms with Crippen LogP contribution >= 0.6 is 11.3 Å². The Morgan fingerprint density at radius 1 is 1.32 bits per heavy atom. The molecule has 132 valence electrons. The third-order valence-electron chi connectivity index (χ3n) is 3.60. The number of anilines is 2. The van der Waals surface area contributed by atoms with E-state index in [1.54, 1.807) is 11.8 Å². The Morgan fingerprint density at radius 2 is 2.08 bits per heavy atom. The fourth-order valence-electron chi connectivity index (χ4n) is 2.41. The van der Waals surface area contributed by atoms with E-state index in [1.807, 2.05) is 0 Å². The number of urea groups is 1. The van der Waals surface area contributed by atoms with Gasteiger partial charge in [-0.25, -0.2) is 19.0 Å². The summed E-state index contributed by atoms with van der Waals surface area (Å²) in [4.78, 5) is 30.7. The molecule has 9 heteroatoms. The summed E-state index contributed by atoms with van der Waals surface area (Å²) in [6, 6.07) is 5.35. The summed E-state index contributed by atoms with van der Waals surface area (Å²) in [5.74, 6) is -0.355. The molecule has 7 nitrogen and oxygen atoms in total. The van der Waals surface area contributed by atoms with Crippen molar-refractivity contribution >= 4 is 34.3 Å². The zero-order valence-corrected chi connectivity index (χ0v) is 14.4. The molecule has 0 bridgehead atoms. The van der Waals surface area contributed by atoms with Crippen LogP contribution in [0.2, 0.25) is 0 Å². The second-order valence-corrected chi connectivity index (χ2v) is 6.43. The minimum absolute atomic E-state index is 0.259. The number of amides is 3. The van der Waals surface area contributed by atoms with Gasteiger partial charge in [-0.05, 0) is 31.2 Å². The van der Waals surface area contributed by atoms with Crippen molar-refractivity contribution in [2.45, 2.75) is 19.9 Å². The number of halogens is 1. The number of thiazole rings is 1. The van der Waals surface area contributed by atoms with E-state index in [0.717, 1.165) is 10.6 Å². The van der Waals surface area contributed by atoms with E-state index in [2.05, 4.69) is 15.6 Å². The van der Waals surface area contributed by atoms with Gasteiger partial charge in [0.25, 0.3) is 0 Å². The Bertz CT molecular complexity index is 778. The molecule has 3 amide bonds. The molecular weight excluding hydrogens is 347 g/mol. The summed E-state index contributed by atoms with van der Waals surface area (Å²) in [6.07, 6.45) is 0.0622. The van der Waals surface area contributed by atoms with Gasteiger partial charge in [-0.3, -0.25) is 5.32 Å². The highest BCUT2D eigenvalue weighted by Crippen LogP contribution is 2.28. The number of fused-ring (bicyclic) bond motifs is 1. The van der Waals surface area contributed by atoms with Gasteiger partial charge in [0.2, 0.25) is 0 Å². The highest BCUT2D eigenvalue weighted by atomic mass is 32.1. The smallest absolute Gasteiger partial charge is 0.413 e. The van der Waals surface area contributed by atoms with Crippen molar-refractivity contribution in [3.63, 3.8) is 0 Å². The van der Waals surface area contributed by atoms with E-state index in [9.17, 15) is 14.0 Å². The van der Waals surface area contributed by atoms with E-state index in [0.29, 0.717) is 30.3 Å². The molecule has 1 aliphatic rings. The van der Waals surface area contributed by atoms with Crippen molar-refractivity contribution in [3.05, 3.63) is 40.7 Å². The van der Waals surface area contributed by atoms with E-state index >= 15 is 0 Å². The minimum Gasteiger partial charge on any atom is -0.450 e. The van der Waals surface area contributed by atoms with Crippen LogP contribution < -0.4 is 10.6 Å². The molecule has 0 unspecified atom stereocenters. The number of ether oxygens (including phenoxy) is 1. The maximum atomic E-state index is 12.9. The highest BCUT2D eigenvalue weighted by Gasteiger charge is 2.24. The Hall–Kier alpha value is -2.68. The zero-order valence-electron chi connectivity index (χ0n) is 13.5. The van der Waals surface area contributed by atoms with Gasteiger partial charge in [0.1, 0.15) is 5.82 Å². The topological polar surface area (TPSA) is 83.6 Å². The fraction of sp³-hybridized carbons (Fsp3) is 0.312. The Balaban J connectivity index is 1.62. The van der Waals surface area contributed by atoms with Gasteiger partial charge in [0, 0.05) is 23.5 Å². The van der Waals surface area contributed by atoms with Gasteiger partial charge in [-0.1, -0.05) is 11.3 Å². The lowest BCUT2D eigenvalue weighted by atomic mass is 10.2. The molecule has 1 aromatic heterocycles.